The molecule has 1 aromatic rings. The zero-order valence-corrected chi connectivity index (χ0v) is 13.0. The molecular formula is C14H18N2O4S. The van der Waals surface area contributed by atoms with E-state index in [4.69, 9.17) is 0 Å². The Kier molecular flexibility index (Phi) is 3.90. The van der Waals surface area contributed by atoms with E-state index >= 15 is 0 Å². The van der Waals surface area contributed by atoms with Crippen LogP contribution in [0.5, 0.6) is 0 Å². The Hall–Kier alpha value is -1.73. The quantitative estimate of drug-likeness (QED) is 0.856. The fraction of sp³-hybridized carbons (Fsp3) is 0.429. The highest BCUT2D eigenvalue weighted by Crippen LogP contribution is 2.25. The second kappa shape index (κ2) is 5.23. The summed E-state index contributed by atoms with van der Waals surface area (Å²) in [6.45, 7) is 5.21. The number of carbonyl (C=O) groups is 2. The van der Waals surface area contributed by atoms with Crippen molar-refractivity contribution >= 4 is 27.5 Å². The van der Waals surface area contributed by atoms with Crippen LogP contribution in [0.25, 0.3) is 0 Å². The highest BCUT2D eigenvalue weighted by molar-refractivity contribution is 7.89. The van der Waals surface area contributed by atoms with Gasteiger partial charge in [0.15, 0.2) is 0 Å². The monoisotopic (exact) mass is 310 g/mol. The van der Waals surface area contributed by atoms with E-state index in [-0.39, 0.29) is 29.6 Å². The molecule has 0 saturated carbocycles. The van der Waals surface area contributed by atoms with Crippen LogP contribution in [0.3, 0.4) is 0 Å². The number of hydrogen-bond donors (Lipinski definition) is 1. The Morgan fingerprint density at radius 1 is 1.10 bits per heavy atom. The summed E-state index contributed by atoms with van der Waals surface area (Å²) in [6.07, 6.45) is 0.326. The lowest BCUT2D eigenvalue weighted by molar-refractivity contribution is -0.121. The van der Waals surface area contributed by atoms with Crippen molar-refractivity contribution in [3.05, 3.63) is 24.3 Å². The molecule has 0 unspecified atom stereocenters. The van der Waals surface area contributed by atoms with Gasteiger partial charge in [-0.2, -0.15) is 0 Å². The van der Waals surface area contributed by atoms with Gasteiger partial charge in [-0.25, -0.2) is 13.1 Å². The molecule has 0 bridgehead atoms. The van der Waals surface area contributed by atoms with Crippen LogP contribution < -0.4 is 9.62 Å². The SMILES string of the molecule is CC(C)(C)NS(=O)(=O)c1cccc(N2C(=O)CCC2=O)c1. The van der Waals surface area contributed by atoms with E-state index in [1.54, 1.807) is 26.8 Å². The van der Waals surface area contributed by atoms with E-state index in [2.05, 4.69) is 4.72 Å². The third-order valence-corrected chi connectivity index (χ3v) is 4.63. The van der Waals surface area contributed by atoms with Crippen molar-refractivity contribution in [1.82, 2.24) is 4.72 Å². The van der Waals surface area contributed by atoms with E-state index < -0.39 is 15.6 Å². The zero-order chi connectivity index (χ0) is 15.8. The lowest BCUT2D eigenvalue weighted by Crippen LogP contribution is -2.40. The van der Waals surface area contributed by atoms with Crippen LogP contribution in [0.1, 0.15) is 33.6 Å². The molecule has 1 saturated heterocycles. The third-order valence-electron chi connectivity index (χ3n) is 2.88. The van der Waals surface area contributed by atoms with Gasteiger partial charge in [0, 0.05) is 18.4 Å². The van der Waals surface area contributed by atoms with Gasteiger partial charge >= 0.3 is 0 Å². The molecule has 2 rings (SSSR count). The number of nitrogens with zero attached hydrogens (tertiary/aromatic N) is 1. The number of imide groups is 1. The number of amides is 2. The molecule has 114 valence electrons. The van der Waals surface area contributed by atoms with Crippen LogP contribution in [-0.4, -0.2) is 25.8 Å². The summed E-state index contributed by atoms with van der Waals surface area (Å²) in [6, 6.07) is 5.85. The van der Waals surface area contributed by atoms with Crippen molar-refractivity contribution < 1.29 is 18.0 Å². The minimum atomic E-state index is -3.70. The molecule has 0 aromatic heterocycles. The molecule has 0 aliphatic carbocycles. The topological polar surface area (TPSA) is 83.6 Å². The van der Waals surface area contributed by atoms with Crippen molar-refractivity contribution in [2.45, 2.75) is 44.0 Å². The van der Waals surface area contributed by atoms with Gasteiger partial charge in [0.25, 0.3) is 0 Å². The molecule has 7 heteroatoms. The minimum Gasteiger partial charge on any atom is -0.274 e. The Bertz CT molecular complexity index is 673. The van der Waals surface area contributed by atoms with Crippen molar-refractivity contribution in [2.75, 3.05) is 4.90 Å². The summed E-state index contributed by atoms with van der Waals surface area (Å²) in [5.74, 6) is -0.614. The molecular weight excluding hydrogens is 292 g/mol. The maximum atomic E-state index is 12.3. The van der Waals surface area contributed by atoms with E-state index in [1.165, 1.54) is 18.2 Å². The first-order valence-electron chi connectivity index (χ1n) is 6.60. The summed E-state index contributed by atoms with van der Waals surface area (Å²) in [5, 5.41) is 0. The van der Waals surface area contributed by atoms with Crippen LogP contribution in [0.2, 0.25) is 0 Å². The van der Waals surface area contributed by atoms with Crippen molar-refractivity contribution in [1.29, 1.82) is 0 Å². The highest BCUT2D eigenvalue weighted by Gasteiger charge is 2.31. The zero-order valence-electron chi connectivity index (χ0n) is 12.2. The minimum absolute atomic E-state index is 0.0300. The molecule has 1 aliphatic heterocycles. The van der Waals surface area contributed by atoms with Crippen LogP contribution in [0, 0.1) is 0 Å². The van der Waals surface area contributed by atoms with Crippen LogP contribution in [0.15, 0.2) is 29.2 Å². The van der Waals surface area contributed by atoms with Crippen molar-refractivity contribution in [3.8, 4) is 0 Å². The Balaban J connectivity index is 2.39. The average molecular weight is 310 g/mol. The third kappa shape index (κ3) is 3.48. The summed E-state index contributed by atoms with van der Waals surface area (Å²) in [7, 11) is -3.70. The Morgan fingerprint density at radius 2 is 1.67 bits per heavy atom. The second-order valence-electron chi connectivity index (χ2n) is 5.98. The van der Waals surface area contributed by atoms with Gasteiger partial charge < -0.3 is 0 Å². The molecule has 0 spiro atoms. The molecule has 0 radical (unpaired) electrons. The van der Waals surface area contributed by atoms with Gasteiger partial charge in [-0.1, -0.05) is 6.07 Å². The van der Waals surface area contributed by atoms with E-state index in [0.717, 1.165) is 4.90 Å². The fourth-order valence-corrected chi connectivity index (χ4v) is 3.57. The fourth-order valence-electron chi connectivity index (χ4n) is 2.12. The summed E-state index contributed by atoms with van der Waals surface area (Å²) in [5.41, 5.74) is -0.326. The number of anilines is 1. The highest BCUT2D eigenvalue weighted by atomic mass is 32.2. The normalized spacial score (nSPS) is 16.6. The summed E-state index contributed by atoms with van der Waals surface area (Å²) in [4.78, 5) is 24.5. The number of rotatable bonds is 3. The predicted octanol–water partition coefficient (Wildman–Crippen LogP) is 1.42. The lowest BCUT2D eigenvalue weighted by atomic mass is 10.1. The lowest BCUT2D eigenvalue weighted by Gasteiger charge is -2.21. The first kappa shape index (κ1) is 15.7. The first-order valence-corrected chi connectivity index (χ1v) is 8.08. The van der Waals surface area contributed by atoms with Gasteiger partial charge in [-0.15, -0.1) is 0 Å². The standard InChI is InChI=1S/C14H18N2O4S/c1-14(2,3)15-21(19,20)11-6-4-5-10(9-11)16-12(17)7-8-13(16)18/h4-6,9,15H,7-8H2,1-3H3. The van der Waals surface area contributed by atoms with Crippen molar-refractivity contribution in [3.63, 3.8) is 0 Å². The second-order valence-corrected chi connectivity index (χ2v) is 7.66. The van der Waals surface area contributed by atoms with E-state index in [9.17, 15) is 18.0 Å². The van der Waals surface area contributed by atoms with Gasteiger partial charge in [-0.05, 0) is 39.0 Å². The molecule has 0 atom stereocenters. The molecule has 1 fully saturated rings. The van der Waals surface area contributed by atoms with Gasteiger partial charge in [-0.3, -0.25) is 14.5 Å². The van der Waals surface area contributed by atoms with Crippen LogP contribution in [-0.2, 0) is 19.6 Å². The van der Waals surface area contributed by atoms with E-state index in [1.807, 2.05) is 0 Å². The molecule has 1 heterocycles. The number of hydrogen-bond acceptors (Lipinski definition) is 4. The van der Waals surface area contributed by atoms with Gasteiger partial charge in [0.05, 0.1) is 10.6 Å². The number of nitrogens with one attached hydrogen (secondary N) is 1. The average Bonchev–Trinajstić information content (AvgIpc) is 2.66. The Morgan fingerprint density at radius 3 is 2.19 bits per heavy atom. The molecule has 2 amide bonds. The van der Waals surface area contributed by atoms with Gasteiger partial charge in [0.2, 0.25) is 21.8 Å². The summed E-state index contributed by atoms with van der Waals surface area (Å²) < 4.78 is 27.1. The van der Waals surface area contributed by atoms with E-state index in [0.29, 0.717) is 5.69 Å². The summed E-state index contributed by atoms with van der Waals surface area (Å²) >= 11 is 0. The van der Waals surface area contributed by atoms with Crippen LogP contribution in [0.4, 0.5) is 5.69 Å². The Labute approximate surface area is 124 Å². The number of benzene rings is 1. The predicted molar refractivity (Wildman–Crippen MR) is 78.2 cm³/mol. The largest absolute Gasteiger partial charge is 0.274 e. The van der Waals surface area contributed by atoms with Crippen LogP contribution >= 0.6 is 0 Å². The molecule has 6 nitrogen and oxygen atoms in total. The smallest absolute Gasteiger partial charge is 0.241 e. The maximum Gasteiger partial charge on any atom is 0.241 e. The number of carbonyl (C=O) groups excluding carboxylic acids is 2. The molecule has 1 aromatic carbocycles. The molecule has 1 aliphatic rings. The number of sulfonamides is 1. The van der Waals surface area contributed by atoms with Crippen molar-refractivity contribution in [2.24, 2.45) is 0 Å². The molecule has 21 heavy (non-hydrogen) atoms. The van der Waals surface area contributed by atoms with Gasteiger partial charge in [0.1, 0.15) is 0 Å². The maximum absolute atomic E-state index is 12.3. The first-order chi connectivity index (χ1) is 9.60. The molecule has 1 N–H and O–H groups in total.